The van der Waals surface area contributed by atoms with E-state index in [9.17, 15) is 0 Å². The minimum absolute atomic E-state index is 0.0297. The molecular weight excluding hydrogens is 254 g/mol. The van der Waals surface area contributed by atoms with Crippen molar-refractivity contribution in [2.45, 2.75) is 13.3 Å². The monoisotopic (exact) mass is 265 g/mol. The summed E-state index contributed by atoms with van der Waals surface area (Å²) in [7, 11) is 1.45. The summed E-state index contributed by atoms with van der Waals surface area (Å²) >= 11 is 5.72. The van der Waals surface area contributed by atoms with Gasteiger partial charge in [0.1, 0.15) is 5.75 Å². The second-order valence-electron chi connectivity index (χ2n) is 3.47. The fraction of sp³-hybridized carbons (Fsp3) is 0.250. The second kappa shape index (κ2) is 5.64. The molecule has 0 spiro atoms. The standard InChI is InChI=1S/C12H12ClN3O2/c1-3-8-4-6-9(7-5-8)18-12-15-10(13)14-11(16-12)17-2/h4-7H,3H2,1-2H3. The van der Waals surface area contributed by atoms with Crippen molar-refractivity contribution in [2.24, 2.45) is 0 Å². The van der Waals surface area contributed by atoms with Crippen LogP contribution in [0, 0.1) is 0 Å². The van der Waals surface area contributed by atoms with Crippen molar-refractivity contribution in [3.63, 3.8) is 0 Å². The van der Waals surface area contributed by atoms with Crippen LogP contribution >= 0.6 is 11.6 Å². The molecule has 94 valence electrons. The average Bonchev–Trinajstić information content (AvgIpc) is 2.39. The first kappa shape index (κ1) is 12.6. The highest BCUT2D eigenvalue weighted by atomic mass is 35.5. The molecule has 1 heterocycles. The van der Waals surface area contributed by atoms with Gasteiger partial charge in [0.2, 0.25) is 5.28 Å². The van der Waals surface area contributed by atoms with Gasteiger partial charge in [-0.05, 0) is 35.7 Å². The van der Waals surface area contributed by atoms with E-state index in [-0.39, 0.29) is 17.3 Å². The van der Waals surface area contributed by atoms with Crippen LogP contribution in [0.2, 0.25) is 5.28 Å². The number of aromatic nitrogens is 3. The Hall–Kier alpha value is -1.88. The van der Waals surface area contributed by atoms with Gasteiger partial charge in [-0.2, -0.15) is 9.97 Å². The van der Waals surface area contributed by atoms with Crippen LogP contribution in [0.4, 0.5) is 0 Å². The quantitative estimate of drug-likeness (QED) is 0.851. The third kappa shape index (κ3) is 3.07. The van der Waals surface area contributed by atoms with Crippen LogP contribution in [0.3, 0.4) is 0 Å². The number of hydrogen-bond donors (Lipinski definition) is 0. The van der Waals surface area contributed by atoms with Crippen LogP contribution in [-0.4, -0.2) is 22.1 Å². The van der Waals surface area contributed by atoms with Gasteiger partial charge < -0.3 is 9.47 Å². The summed E-state index contributed by atoms with van der Waals surface area (Å²) in [6.07, 6.45) is 0.978. The molecule has 0 radical (unpaired) electrons. The van der Waals surface area contributed by atoms with Gasteiger partial charge in [0.15, 0.2) is 0 Å². The van der Waals surface area contributed by atoms with Crippen molar-refractivity contribution in [3.8, 4) is 17.8 Å². The first-order valence-corrected chi connectivity index (χ1v) is 5.81. The van der Waals surface area contributed by atoms with E-state index in [1.807, 2.05) is 24.3 Å². The SMILES string of the molecule is CCc1ccc(Oc2nc(Cl)nc(OC)n2)cc1. The van der Waals surface area contributed by atoms with Crippen LogP contribution in [0.5, 0.6) is 17.8 Å². The summed E-state index contributed by atoms with van der Waals surface area (Å²) in [5.74, 6) is 0.636. The molecule has 6 heteroatoms. The van der Waals surface area contributed by atoms with Gasteiger partial charge >= 0.3 is 12.0 Å². The van der Waals surface area contributed by atoms with Crippen molar-refractivity contribution in [3.05, 3.63) is 35.1 Å². The fourth-order valence-corrected chi connectivity index (χ4v) is 1.49. The third-order valence-corrected chi connectivity index (χ3v) is 2.46. The molecule has 1 aromatic heterocycles. The van der Waals surface area contributed by atoms with Crippen LogP contribution in [0.25, 0.3) is 0 Å². The Bertz CT molecular complexity index is 531. The van der Waals surface area contributed by atoms with Gasteiger partial charge in [-0.1, -0.05) is 19.1 Å². The lowest BCUT2D eigenvalue weighted by Gasteiger charge is -2.05. The van der Waals surface area contributed by atoms with Crippen LogP contribution < -0.4 is 9.47 Å². The molecule has 0 fully saturated rings. The molecule has 0 unspecified atom stereocenters. The van der Waals surface area contributed by atoms with Crippen molar-refractivity contribution in [2.75, 3.05) is 7.11 Å². The predicted molar refractivity (Wildman–Crippen MR) is 67.3 cm³/mol. The Morgan fingerprint density at radius 3 is 2.33 bits per heavy atom. The van der Waals surface area contributed by atoms with E-state index < -0.39 is 0 Å². The molecule has 2 rings (SSSR count). The summed E-state index contributed by atoms with van der Waals surface area (Å²) in [6, 6.07) is 7.89. The molecule has 5 nitrogen and oxygen atoms in total. The smallest absolute Gasteiger partial charge is 0.329 e. The molecule has 0 saturated heterocycles. The molecule has 0 aliphatic rings. The largest absolute Gasteiger partial charge is 0.467 e. The summed E-state index contributed by atoms with van der Waals surface area (Å²) in [5.41, 5.74) is 1.23. The van der Waals surface area contributed by atoms with E-state index in [0.717, 1.165) is 6.42 Å². The first-order valence-electron chi connectivity index (χ1n) is 5.43. The Kier molecular flexibility index (Phi) is 3.94. The second-order valence-corrected chi connectivity index (χ2v) is 3.81. The number of rotatable bonds is 4. The van der Waals surface area contributed by atoms with E-state index >= 15 is 0 Å². The Balaban J connectivity index is 2.19. The average molecular weight is 266 g/mol. The number of ether oxygens (including phenoxy) is 2. The van der Waals surface area contributed by atoms with Crippen molar-refractivity contribution in [1.82, 2.24) is 15.0 Å². The topological polar surface area (TPSA) is 57.1 Å². The number of hydrogen-bond acceptors (Lipinski definition) is 5. The molecule has 0 N–H and O–H groups in total. The number of nitrogens with zero attached hydrogens (tertiary/aromatic N) is 3. The normalized spacial score (nSPS) is 10.2. The Morgan fingerprint density at radius 2 is 1.72 bits per heavy atom. The lowest BCUT2D eigenvalue weighted by Crippen LogP contribution is -1.98. The molecule has 18 heavy (non-hydrogen) atoms. The Labute approximate surface area is 110 Å². The molecule has 0 aliphatic heterocycles. The summed E-state index contributed by atoms with van der Waals surface area (Å²) < 4.78 is 10.4. The molecule has 0 aliphatic carbocycles. The van der Waals surface area contributed by atoms with Crippen LogP contribution in [0.1, 0.15) is 12.5 Å². The number of aryl methyl sites for hydroxylation is 1. The van der Waals surface area contributed by atoms with Gasteiger partial charge in [0.25, 0.3) is 0 Å². The maximum absolute atomic E-state index is 5.72. The molecule has 0 bridgehead atoms. The molecule has 0 amide bonds. The summed E-state index contributed by atoms with van der Waals surface area (Å²) in [5, 5.41) is 0.0297. The van der Waals surface area contributed by atoms with Gasteiger partial charge in [-0.25, -0.2) is 0 Å². The zero-order chi connectivity index (χ0) is 13.0. The van der Waals surface area contributed by atoms with Crippen molar-refractivity contribution < 1.29 is 9.47 Å². The maximum atomic E-state index is 5.72. The lowest BCUT2D eigenvalue weighted by molar-refractivity contribution is 0.359. The summed E-state index contributed by atoms with van der Waals surface area (Å²) in [4.78, 5) is 11.6. The zero-order valence-electron chi connectivity index (χ0n) is 10.1. The van der Waals surface area contributed by atoms with Gasteiger partial charge in [-0.3, -0.25) is 0 Å². The highest BCUT2D eigenvalue weighted by Crippen LogP contribution is 2.20. The lowest BCUT2D eigenvalue weighted by atomic mass is 10.2. The highest BCUT2D eigenvalue weighted by Gasteiger charge is 2.07. The number of halogens is 1. The summed E-state index contributed by atoms with van der Waals surface area (Å²) in [6.45, 7) is 2.09. The highest BCUT2D eigenvalue weighted by molar-refractivity contribution is 6.28. The number of methoxy groups -OCH3 is 1. The molecule has 0 atom stereocenters. The Morgan fingerprint density at radius 1 is 1.06 bits per heavy atom. The van der Waals surface area contributed by atoms with E-state index in [2.05, 4.69) is 21.9 Å². The fourth-order valence-electron chi connectivity index (χ4n) is 1.35. The minimum Gasteiger partial charge on any atom is -0.467 e. The van der Waals surface area contributed by atoms with Crippen LogP contribution in [-0.2, 0) is 6.42 Å². The van der Waals surface area contributed by atoms with E-state index in [0.29, 0.717) is 5.75 Å². The van der Waals surface area contributed by atoms with Crippen molar-refractivity contribution in [1.29, 1.82) is 0 Å². The molecule has 0 saturated carbocycles. The predicted octanol–water partition coefficient (Wildman–Crippen LogP) is 2.89. The molecular formula is C12H12ClN3O2. The van der Waals surface area contributed by atoms with Crippen molar-refractivity contribution >= 4 is 11.6 Å². The first-order chi connectivity index (χ1) is 8.71. The minimum atomic E-state index is 0.0297. The van der Waals surface area contributed by atoms with Gasteiger partial charge in [0, 0.05) is 0 Å². The molecule has 1 aromatic carbocycles. The van der Waals surface area contributed by atoms with E-state index in [1.165, 1.54) is 12.7 Å². The van der Waals surface area contributed by atoms with E-state index in [4.69, 9.17) is 21.1 Å². The third-order valence-electron chi connectivity index (χ3n) is 2.29. The number of benzene rings is 1. The van der Waals surface area contributed by atoms with Crippen LogP contribution in [0.15, 0.2) is 24.3 Å². The van der Waals surface area contributed by atoms with Gasteiger partial charge in [0.05, 0.1) is 7.11 Å². The zero-order valence-corrected chi connectivity index (χ0v) is 10.8. The van der Waals surface area contributed by atoms with Gasteiger partial charge in [-0.15, -0.1) is 4.98 Å². The maximum Gasteiger partial charge on any atom is 0.329 e. The molecule has 2 aromatic rings. The van der Waals surface area contributed by atoms with E-state index in [1.54, 1.807) is 0 Å².